The van der Waals surface area contributed by atoms with E-state index in [9.17, 15) is 4.79 Å². The average molecular weight is 409 g/mol. The first kappa shape index (κ1) is 19.2. The lowest BCUT2D eigenvalue weighted by Gasteiger charge is -2.35. The van der Waals surface area contributed by atoms with Gasteiger partial charge in [-0.25, -0.2) is 9.97 Å². The molecule has 29 heavy (non-hydrogen) atoms. The highest BCUT2D eigenvalue weighted by Gasteiger charge is 2.22. The van der Waals surface area contributed by atoms with Crippen molar-refractivity contribution >= 4 is 23.3 Å². The van der Waals surface area contributed by atoms with Crippen molar-refractivity contribution in [2.75, 3.05) is 37.7 Å². The molecular formula is C22H21ClN4O2. The molecule has 3 aromatic rings. The number of hydrogen-bond acceptors (Lipinski definition) is 5. The number of halogens is 1. The standard InChI is InChI=1S/C22H21ClN4O2/c23-18-8-6-17(7-9-18)22-24-11-10-20(25-22)26-12-14-27(15-13-26)21(28)16-29-19-4-2-1-3-5-19/h1-11H,12-16H2. The summed E-state index contributed by atoms with van der Waals surface area (Å²) in [6.07, 6.45) is 1.76. The summed E-state index contributed by atoms with van der Waals surface area (Å²) in [4.78, 5) is 25.5. The predicted octanol–water partition coefficient (Wildman–Crippen LogP) is 3.52. The molecule has 0 atom stereocenters. The minimum atomic E-state index is -0.00181. The molecule has 2 heterocycles. The van der Waals surface area contributed by atoms with Crippen molar-refractivity contribution in [3.63, 3.8) is 0 Å². The van der Waals surface area contributed by atoms with E-state index in [2.05, 4.69) is 14.9 Å². The Morgan fingerprint density at radius 2 is 1.69 bits per heavy atom. The van der Waals surface area contributed by atoms with Gasteiger partial charge in [0, 0.05) is 43.0 Å². The number of para-hydroxylation sites is 1. The third kappa shape index (κ3) is 4.84. The van der Waals surface area contributed by atoms with Crippen molar-refractivity contribution in [3.8, 4) is 17.1 Å². The van der Waals surface area contributed by atoms with Crippen LogP contribution in [0, 0.1) is 0 Å². The van der Waals surface area contributed by atoms with E-state index >= 15 is 0 Å². The van der Waals surface area contributed by atoms with E-state index in [1.54, 1.807) is 6.20 Å². The van der Waals surface area contributed by atoms with E-state index in [-0.39, 0.29) is 12.5 Å². The van der Waals surface area contributed by atoms with Gasteiger partial charge in [-0.15, -0.1) is 0 Å². The molecule has 1 aromatic heterocycles. The number of amides is 1. The molecule has 2 aromatic carbocycles. The molecule has 0 aliphatic carbocycles. The van der Waals surface area contributed by atoms with Crippen molar-refractivity contribution in [2.24, 2.45) is 0 Å². The summed E-state index contributed by atoms with van der Waals surface area (Å²) in [5.41, 5.74) is 0.920. The highest BCUT2D eigenvalue weighted by atomic mass is 35.5. The molecule has 0 bridgehead atoms. The van der Waals surface area contributed by atoms with Crippen LogP contribution >= 0.6 is 11.6 Å². The number of aromatic nitrogens is 2. The number of piperazine rings is 1. The van der Waals surface area contributed by atoms with Crippen LogP contribution < -0.4 is 9.64 Å². The van der Waals surface area contributed by atoms with Crippen LogP contribution in [0.4, 0.5) is 5.82 Å². The van der Waals surface area contributed by atoms with E-state index in [4.69, 9.17) is 16.3 Å². The molecule has 6 nitrogen and oxygen atoms in total. The zero-order valence-electron chi connectivity index (χ0n) is 15.9. The fraction of sp³-hybridized carbons (Fsp3) is 0.227. The van der Waals surface area contributed by atoms with E-state index in [1.807, 2.05) is 65.6 Å². The molecule has 0 spiro atoms. The molecule has 1 amide bonds. The molecule has 0 radical (unpaired) electrons. The van der Waals surface area contributed by atoms with Gasteiger partial charge in [-0.05, 0) is 42.5 Å². The third-order valence-electron chi connectivity index (χ3n) is 4.81. The van der Waals surface area contributed by atoms with Gasteiger partial charge >= 0.3 is 0 Å². The van der Waals surface area contributed by atoms with Crippen molar-refractivity contribution in [1.29, 1.82) is 0 Å². The van der Waals surface area contributed by atoms with Crippen LogP contribution in [-0.4, -0.2) is 53.6 Å². The molecule has 0 N–H and O–H groups in total. The molecule has 148 valence electrons. The molecule has 1 aliphatic rings. The largest absolute Gasteiger partial charge is 0.484 e. The van der Waals surface area contributed by atoms with Gasteiger partial charge < -0.3 is 14.5 Å². The van der Waals surface area contributed by atoms with Crippen molar-refractivity contribution in [3.05, 3.63) is 71.9 Å². The number of rotatable bonds is 5. The van der Waals surface area contributed by atoms with E-state index in [0.29, 0.717) is 42.8 Å². The molecule has 1 saturated heterocycles. The Kier molecular flexibility index (Phi) is 5.91. The van der Waals surface area contributed by atoms with E-state index in [1.165, 1.54) is 0 Å². The Balaban J connectivity index is 1.34. The lowest BCUT2D eigenvalue weighted by molar-refractivity contribution is -0.133. The maximum Gasteiger partial charge on any atom is 0.260 e. The van der Waals surface area contributed by atoms with Crippen LogP contribution in [-0.2, 0) is 4.79 Å². The molecule has 1 aliphatic heterocycles. The number of hydrogen-bond donors (Lipinski definition) is 0. The van der Waals surface area contributed by atoms with Gasteiger partial charge in [0.25, 0.3) is 5.91 Å². The lowest BCUT2D eigenvalue weighted by atomic mass is 10.2. The summed E-state index contributed by atoms with van der Waals surface area (Å²) >= 11 is 5.96. The topological polar surface area (TPSA) is 58.6 Å². The zero-order valence-corrected chi connectivity index (χ0v) is 16.6. The smallest absolute Gasteiger partial charge is 0.260 e. The Morgan fingerprint density at radius 1 is 0.966 bits per heavy atom. The van der Waals surface area contributed by atoms with Gasteiger partial charge in [0.2, 0.25) is 0 Å². The summed E-state index contributed by atoms with van der Waals surface area (Å²) in [6.45, 7) is 2.76. The number of carbonyl (C=O) groups excluding carboxylic acids is 1. The van der Waals surface area contributed by atoms with E-state index in [0.717, 1.165) is 11.4 Å². The summed E-state index contributed by atoms with van der Waals surface area (Å²) in [7, 11) is 0. The van der Waals surface area contributed by atoms with Crippen LogP contribution in [0.1, 0.15) is 0 Å². The van der Waals surface area contributed by atoms with Gasteiger partial charge in [0.15, 0.2) is 12.4 Å². The second-order valence-electron chi connectivity index (χ2n) is 6.71. The Bertz CT molecular complexity index is 958. The lowest BCUT2D eigenvalue weighted by Crippen LogP contribution is -2.50. The van der Waals surface area contributed by atoms with Crippen molar-refractivity contribution < 1.29 is 9.53 Å². The summed E-state index contributed by atoms with van der Waals surface area (Å²) in [6, 6.07) is 18.8. The maximum absolute atomic E-state index is 12.4. The Hall–Kier alpha value is -3.12. The molecule has 7 heteroatoms. The van der Waals surface area contributed by atoms with Crippen LogP contribution in [0.15, 0.2) is 66.9 Å². The monoisotopic (exact) mass is 408 g/mol. The zero-order chi connectivity index (χ0) is 20.1. The minimum Gasteiger partial charge on any atom is -0.484 e. The average Bonchev–Trinajstić information content (AvgIpc) is 2.79. The first-order valence-corrected chi connectivity index (χ1v) is 9.86. The predicted molar refractivity (Wildman–Crippen MR) is 113 cm³/mol. The quantitative estimate of drug-likeness (QED) is 0.646. The van der Waals surface area contributed by atoms with Gasteiger partial charge in [0.1, 0.15) is 11.6 Å². The van der Waals surface area contributed by atoms with Gasteiger partial charge in [-0.2, -0.15) is 0 Å². The first-order chi connectivity index (χ1) is 14.2. The maximum atomic E-state index is 12.4. The highest BCUT2D eigenvalue weighted by Crippen LogP contribution is 2.21. The highest BCUT2D eigenvalue weighted by molar-refractivity contribution is 6.30. The van der Waals surface area contributed by atoms with Gasteiger partial charge in [-0.3, -0.25) is 4.79 Å². The number of ether oxygens (including phenoxy) is 1. The molecule has 0 saturated carbocycles. The van der Waals surface area contributed by atoms with Crippen LogP contribution in [0.25, 0.3) is 11.4 Å². The summed E-state index contributed by atoms with van der Waals surface area (Å²) in [5.74, 6) is 2.22. The molecular weight excluding hydrogens is 388 g/mol. The summed E-state index contributed by atoms with van der Waals surface area (Å²) in [5, 5.41) is 0.682. The molecule has 1 fully saturated rings. The van der Waals surface area contributed by atoms with Crippen molar-refractivity contribution in [1.82, 2.24) is 14.9 Å². The number of benzene rings is 2. The van der Waals surface area contributed by atoms with E-state index < -0.39 is 0 Å². The van der Waals surface area contributed by atoms with Crippen molar-refractivity contribution in [2.45, 2.75) is 0 Å². The second kappa shape index (κ2) is 8.92. The van der Waals surface area contributed by atoms with Gasteiger partial charge in [-0.1, -0.05) is 29.8 Å². The number of nitrogens with zero attached hydrogens (tertiary/aromatic N) is 4. The van der Waals surface area contributed by atoms with Crippen LogP contribution in [0.5, 0.6) is 5.75 Å². The molecule has 4 rings (SSSR count). The number of carbonyl (C=O) groups is 1. The number of anilines is 1. The summed E-state index contributed by atoms with van der Waals surface area (Å²) < 4.78 is 5.57. The third-order valence-corrected chi connectivity index (χ3v) is 5.06. The Labute approximate surface area is 174 Å². The van der Waals surface area contributed by atoms with Crippen LogP contribution in [0.2, 0.25) is 5.02 Å². The SMILES string of the molecule is O=C(COc1ccccc1)N1CCN(c2ccnc(-c3ccc(Cl)cc3)n2)CC1. The molecule has 0 unspecified atom stereocenters. The van der Waals surface area contributed by atoms with Gasteiger partial charge in [0.05, 0.1) is 0 Å². The normalized spacial score (nSPS) is 14.0. The van der Waals surface area contributed by atoms with Crippen LogP contribution in [0.3, 0.4) is 0 Å². The second-order valence-corrected chi connectivity index (χ2v) is 7.15. The fourth-order valence-corrected chi connectivity index (χ4v) is 3.33. The fourth-order valence-electron chi connectivity index (χ4n) is 3.20. The Morgan fingerprint density at radius 3 is 2.41 bits per heavy atom. The minimum absolute atomic E-state index is 0.00181. The first-order valence-electron chi connectivity index (χ1n) is 9.48.